The maximum atomic E-state index is 10.6. The Morgan fingerprint density at radius 2 is 2.29 bits per heavy atom. The average molecular weight is 257 g/mol. The molecule has 6 nitrogen and oxygen atoms in total. The summed E-state index contributed by atoms with van der Waals surface area (Å²) >= 11 is 3.20. The summed E-state index contributed by atoms with van der Waals surface area (Å²) in [7, 11) is 0. The molecule has 0 radical (unpaired) electrons. The van der Waals surface area contributed by atoms with E-state index >= 15 is 0 Å². The molecule has 0 atom stereocenters. The molecule has 0 unspecified atom stereocenters. The highest BCUT2D eigenvalue weighted by Crippen LogP contribution is 2.22. The topological polar surface area (TPSA) is 73.3 Å². The largest absolute Gasteiger partial charge is 0.287 e. The van der Waals surface area contributed by atoms with Crippen LogP contribution in [0.2, 0.25) is 0 Å². The molecule has 0 amide bonds. The lowest BCUT2D eigenvalue weighted by Gasteiger charge is -1.97. The SMILES string of the molecule is Cc1nnc2c(Br)cc([N+](=O)[O-])cn12. The van der Waals surface area contributed by atoms with Crippen molar-refractivity contribution in [3.8, 4) is 0 Å². The molecular formula is C7H5BrN4O2. The van der Waals surface area contributed by atoms with E-state index in [0.717, 1.165) is 0 Å². The van der Waals surface area contributed by atoms with Gasteiger partial charge in [-0.1, -0.05) is 0 Å². The van der Waals surface area contributed by atoms with E-state index in [0.29, 0.717) is 15.9 Å². The van der Waals surface area contributed by atoms with Gasteiger partial charge in [0.05, 0.1) is 15.6 Å². The van der Waals surface area contributed by atoms with Crippen LogP contribution in [-0.2, 0) is 0 Å². The Morgan fingerprint density at radius 3 is 2.93 bits per heavy atom. The zero-order chi connectivity index (χ0) is 10.3. The van der Waals surface area contributed by atoms with Gasteiger partial charge in [-0.05, 0) is 22.9 Å². The monoisotopic (exact) mass is 256 g/mol. The van der Waals surface area contributed by atoms with E-state index in [-0.39, 0.29) is 5.69 Å². The van der Waals surface area contributed by atoms with Gasteiger partial charge in [0.25, 0.3) is 5.69 Å². The maximum absolute atomic E-state index is 10.6. The Hall–Kier alpha value is -1.50. The lowest BCUT2D eigenvalue weighted by molar-refractivity contribution is -0.385. The number of halogens is 1. The molecule has 2 aromatic heterocycles. The number of aromatic nitrogens is 3. The quantitative estimate of drug-likeness (QED) is 0.575. The minimum atomic E-state index is -0.455. The Labute approximate surface area is 86.8 Å². The molecule has 0 aliphatic heterocycles. The van der Waals surface area contributed by atoms with Crippen molar-refractivity contribution in [3.63, 3.8) is 0 Å². The average Bonchev–Trinajstić information content (AvgIpc) is 2.48. The molecular weight excluding hydrogens is 252 g/mol. The third-order valence-corrected chi connectivity index (χ3v) is 2.41. The van der Waals surface area contributed by atoms with Gasteiger partial charge in [0, 0.05) is 6.07 Å². The zero-order valence-electron chi connectivity index (χ0n) is 7.14. The Morgan fingerprint density at radius 1 is 1.57 bits per heavy atom. The van der Waals surface area contributed by atoms with Crippen molar-refractivity contribution in [1.29, 1.82) is 0 Å². The minimum Gasteiger partial charge on any atom is -0.279 e. The number of aryl methyl sites for hydroxylation is 1. The van der Waals surface area contributed by atoms with Gasteiger partial charge < -0.3 is 0 Å². The first-order valence-corrected chi connectivity index (χ1v) is 4.54. The summed E-state index contributed by atoms with van der Waals surface area (Å²) in [5.74, 6) is 0.615. The van der Waals surface area contributed by atoms with Crippen molar-refractivity contribution >= 4 is 27.3 Å². The fraction of sp³-hybridized carbons (Fsp3) is 0.143. The molecule has 72 valence electrons. The van der Waals surface area contributed by atoms with E-state index < -0.39 is 4.92 Å². The van der Waals surface area contributed by atoms with Crippen molar-refractivity contribution < 1.29 is 4.92 Å². The summed E-state index contributed by atoms with van der Waals surface area (Å²) in [5.41, 5.74) is 0.584. The normalized spacial score (nSPS) is 10.7. The molecule has 2 aromatic rings. The number of hydrogen-bond acceptors (Lipinski definition) is 4. The van der Waals surface area contributed by atoms with Gasteiger partial charge in [-0.3, -0.25) is 14.5 Å². The van der Waals surface area contributed by atoms with Gasteiger partial charge >= 0.3 is 0 Å². The first-order chi connectivity index (χ1) is 6.59. The molecule has 0 aliphatic carbocycles. The summed E-state index contributed by atoms with van der Waals surface area (Å²) in [6.07, 6.45) is 1.40. The molecule has 2 heterocycles. The predicted molar refractivity (Wildman–Crippen MR) is 52.1 cm³/mol. The first-order valence-electron chi connectivity index (χ1n) is 3.75. The van der Waals surface area contributed by atoms with E-state index in [1.165, 1.54) is 12.3 Å². The molecule has 2 rings (SSSR count). The Kier molecular flexibility index (Phi) is 1.95. The lowest BCUT2D eigenvalue weighted by Crippen LogP contribution is -1.94. The van der Waals surface area contributed by atoms with Crippen molar-refractivity contribution in [1.82, 2.24) is 14.6 Å². The van der Waals surface area contributed by atoms with E-state index in [9.17, 15) is 10.1 Å². The highest BCUT2D eigenvalue weighted by atomic mass is 79.9. The molecule has 0 spiro atoms. The third kappa shape index (κ3) is 1.25. The molecule has 0 N–H and O–H groups in total. The smallest absolute Gasteiger partial charge is 0.279 e. The maximum Gasteiger partial charge on any atom is 0.287 e. The molecule has 0 saturated carbocycles. The van der Waals surface area contributed by atoms with Crippen LogP contribution in [0, 0.1) is 17.0 Å². The van der Waals surface area contributed by atoms with Crippen LogP contribution in [0.15, 0.2) is 16.7 Å². The fourth-order valence-corrected chi connectivity index (χ4v) is 1.66. The molecule has 7 heteroatoms. The fourth-order valence-electron chi connectivity index (χ4n) is 1.15. The van der Waals surface area contributed by atoms with Crippen molar-refractivity contribution in [2.45, 2.75) is 6.92 Å². The number of hydrogen-bond donors (Lipinski definition) is 0. The van der Waals surface area contributed by atoms with Gasteiger partial charge in [-0.15, -0.1) is 10.2 Å². The van der Waals surface area contributed by atoms with Crippen LogP contribution in [0.4, 0.5) is 5.69 Å². The van der Waals surface area contributed by atoms with Gasteiger partial charge in [0.1, 0.15) is 5.82 Å². The third-order valence-electron chi connectivity index (χ3n) is 1.83. The van der Waals surface area contributed by atoms with Crippen molar-refractivity contribution in [2.75, 3.05) is 0 Å². The highest BCUT2D eigenvalue weighted by Gasteiger charge is 2.12. The molecule has 0 aromatic carbocycles. The molecule has 0 aliphatic rings. The second-order valence-electron chi connectivity index (χ2n) is 2.74. The molecule has 0 bridgehead atoms. The number of rotatable bonds is 1. The summed E-state index contributed by atoms with van der Waals surface area (Å²) < 4.78 is 2.13. The van der Waals surface area contributed by atoms with Crippen LogP contribution >= 0.6 is 15.9 Å². The predicted octanol–water partition coefficient (Wildman–Crippen LogP) is 1.71. The Balaban J connectivity index is 2.82. The number of nitro groups is 1. The number of nitrogens with zero attached hydrogens (tertiary/aromatic N) is 4. The van der Waals surface area contributed by atoms with Gasteiger partial charge in [0.2, 0.25) is 0 Å². The van der Waals surface area contributed by atoms with E-state index in [2.05, 4.69) is 26.1 Å². The van der Waals surface area contributed by atoms with Crippen molar-refractivity contribution in [3.05, 3.63) is 32.7 Å². The van der Waals surface area contributed by atoms with Gasteiger partial charge in [0.15, 0.2) is 5.65 Å². The molecule has 14 heavy (non-hydrogen) atoms. The van der Waals surface area contributed by atoms with Crippen LogP contribution < -0.4 is 0 Å². The number of fused-ring (bicyclic) bond motifs is 1. The summed E-state index contributed by atoms with van der Waals surface area (Å²) in [5, 5.41) is 18.2. The van der Waals surface area contributed by atoms with E-state index in [1.54, 1.807) is 11.3 Å². The highest BCUT2D eigenvalue weighted by molar-refractivity contribution is 9.10. The van der Waals surface area contributed by atoms with Gasteiger partial charge in [-0.2, -0.15) is 0 Å². The minimum absolute atomic E-state index is 0.00674. The molecule has 0 saturated heterocycles. The zero-order valence-corrected chi connectivity index (χ0v) is 8.72. The van der Waals surface area contributed by atoms with Crippen LogP contribution in [0.3, 0.4) is 0 Å². The van der Waals surface area contributed by atoms with Gasteiger partial charge in [-0.25, -0.2) is 0 Å². The second kappa shape index (κ2) is 3.02. The summed E-state index contributed by atoms with van der Waals surface area (Å²) in [6.45, 7) is 1.73. The summed E-state index contributed by atoms with van der Waals surface area (Å²) in [6, 6.07) is 1.41. The van der Waals surface area contributed by atoms with Crippen molar-refractivity contribution in [2.24, 2.45) is 0 Å². The lowest BCUT2D eigenvalue weighted by atomic mass is 10.4. The first kappa shape index (κ1) is 9.07. The van der Waals surface area contributed by atoms with Crippen LogP contribution in [-0.4, -0.2) is 19.5 Å². The van der Waals surface area contributed by atoms with E-state index in [1.807, 2.05) is 0 Å². The van der Waals surface area contributed by atoms with Crippen LogP contribution in [0.1, 0.15) is 5.82 Å². The summed E-state index contributed by atoms with van der Waals surface area (Å²) in [4.78, 5) is 10.1. The number of pyridine rings is 1. The Bertz CT molecular complexity index is 522. The standard InChI is InChI=1S/C7H5BrN4O2/c1-4-9-10-7-6(8)2-5(12(13)14)3-11(4)7/h2-3H,1H3. The van der Waals surface area contributed by atoms with E-state index in [4.69, 9.17) is 0 Å². The van der Waals surface area contributed by atoms with Crippen LogP contribution in [0.5, 0.6) is 0 Å². The van der Waals surface area contributed by atoms with Crippen LogP contribution in [0.25, 0.3) is 5.65 Å². The second-order valence-corrected chi connectivity index (χ2v) is 3.60. The molecule has 0 fully saturated rings.